The van der Waals surface area contributed by atoms with Crippen LogP contribution in [-0.2, 0) is 0 Å². The zero-order chi connectivity index (χ0) is 14.3. The monoisotopic (exact) mass is 266 g/mol. The molecule has 5 nitrogen and oxygen atoms in total. The van der Waals surface area contributed by atoms with Crippen molar-refractivity contribution in [2.24, 2.45) is 0 Å². The van der Waals surface area contributed by atoms with Crippen LogP contribution in [0.2, 0.25) is 0 Å². The number of nitro groups is 1. The fourth-order valence-electron chi connectivity index (χ4n) is 1.91. The van der Waals surface area contributed by atoms with Gasteiger partial charge in [-0.2, -0.15) is 0 Å². The second kappa shape index (κ2) is 7.61. The van der Waals surface area contributed by atoms with E-state index >= 15 is 0 Å². The van der Waals surface area contributed by atoms with Crippen LogP contribution in [0.1, 0.15) is 46.0 Å². The summed E-state index contributed by atoms with van der Waals surface area (Å²) in [5.41, 5.74) is 6.08. The normalized spacial score (nSPS) is 12.1. The molecule has 0 unspecified atom stereocenters. The molecule has 0 aliphatic rings. The van der Waals surface area contributed by atoms with Crippen LogP contribution in [0.25, 0.3) is 0 Å². The first-order valence-corrected chi connectivity index (χ1v) is 6.75. The second-order valence-corrected chi connectivity index (χ2v) is 4.76. The van der Waals surface area contributed by atoms with E-state index in [0.717, 1.165) is 12.8 Å². The Balaban J connectivity index is 2.60. The number of hydrogen-bond donors (Lipinski definition) is 1. The summed E-state index contributed by atoms with van der Waals surface area (Å²) in [6.07, 6.45) is 5.50. The zero-order valence-corrected chi connectivity index (χ0v) is 11.6. The van der Waals surface area contributed by atoms with Crippen molar-refractivity contribution in [3.8, 4) is 5.75 Å². The summed E-state index contributed by atoms with van der Waals surface area (Å²) in [6, 6.07) is 4.41. The number of anilines is 1. The SMILES string of the molecule is CCCCCC[C@H](C)Oc1cc(N)ccc1[N+](=O)[O-]. The molecular weight excluding hydrogens is 244 g/mol. The van der Waals surface area contributed by atoms with Crippen molar-refractivity contribution >= 4 is 11.4 Å². The van der Waals surface area contributed by atoms with Gasteiger partial charge in [0.2, 0.25) is 0 Å². The molecule has 1 rings (SSSR count). The Morgan fingerprint density at radius 2 is 2.11 bits per heavy atom. The minimum atomic E-state index is -0.446. The molecule has 2 N–H and O–H groups in total. The van der Waals surface area contributed by atoms with Gasteiger partial charge in [0.15, 0.2) is 5.75 Å². The van der Waals surface area contributed by atoms with Crippen molar-refractivity contribution in [2.45, 2.75) is 52.1 Å². The highest BCUT2D eigenvalue weighted by Gasteiger charge is 2.17. The summed E-state index contributed by atoms with van der Waals surface area (Å²) in [5, 5.41) is 10.9. The van der Waals surface area contributed by atoms with Crippen LogP contribution in [-0.4, -0.2) is 11.0 Å². The van der Waals surface area contributed by atoms with Crippen LogP contribution in [0, 0.1) is 10.1 Å². The van der Waals surface area contributed by atoms with Crippen LogP contribution >= 0.6 is 0 Å². The molecule has 1 aromatic rings. The number of nitrogens with two attached hydrogens (primary N) is 1. The van der Waals surface area contributed by atoms with Gasteiger partial charge in [-0.3, -0.25) is 10.1 Å². The number of unbranched alkanes of at least 4 members (excludes halogenated alkanes) is 3. The van der Waals surface area contributed by atoms with Gasteiger partial charge in [0, 0.05) is 17.8 Å². The molecule has 0 aliphatic carbocycles. The zero-order valence-electron chi connectivity index (χ0n) is 11.6. The number of nitro benzene ring substituents is 1. The van der Waals surface area contributed by atoms with E-state index in [9.17, 15) is 10.1 Å². The highest BCUT2D eigenvalue weighted by molar-refractivity contribution is 5.55. The lowest BCUT2D eigenvalue weighted by Gasteiger charge is -2.14. The smallest absolute Gasteiger partial charge is 0.311 e. The third-order valence-electron chi connectivity index (χ3n) is 2.97. The van der Waals surface area contributed by atoms with E-state index in [1.165, 1.54) is 37.5 Å². The number of benzene rings is 1. The van der Waals surface area contributed by atoms with Gasteiger partial charge in [-0.1, -0.05) is 26.2 Å². The summed E-state index contributed by atoms with van der Waals surface area (Å²) in [4.78, 5) is 10.5. The Bertz CT molecular complexity index is 421. The second-order valence-electron chi connectivity index (χ2n) is 4.76. The summed E-state index contributed by atoms with van der Waals surface area (Å²) in [5.74, 6) is 0.257. The van der Waals surface area contributed by atoms with E-state index in [1.54, 1.807) is 0 Å². The highest BCUT2D eigenvalue weighted by atomic mass is 16.6. The Morgan fingerprint density at radius 3 is 2.74 bits per heavy atom. The molecule has 5 heteroatoms. The number of hydrogen-bond acceptors (Lipinski definition) is 4. The lowest BCUT2D eigenvalue weighted by molar-refractivity contribution is -0.386. The van der Waals surface area contributed by atoms with Crippen molar-refractivity contribution in [2.75, 3.05) is 5.73 Å². The van der Waals surface area contributed by atoms with Crippen LogP contribution in [0.4, 0.5) is 11.4 Å². The standard InChI is InChI=1S/C14H22N2O3/c1-3-4-5-6-7-11(2)19-14-10-12(15)8-9-13(14)16(17)18/h8-11H,3-7,15H2,1-2H3/t11-/m0/s1. The molecule has 1 atom stereocenters. The van der Waals surface area contributed by atoms with Gasteiger partial charge in [0.25, 0.3) is 0 Å². The third kappa shape index (κ3) is 5.16. The Kier molecular flexibility index (Phi) is 6.12. The highest BCUT2D eigenvalue weighted by Crippen LogP contribution is 2.30. The topological polar surface area (TPSA) is 78.4 Å². The van der Waals surface area contributed by atoms with Gasteiger partial charge < -0.3 is 10.5 Å². The van der Waals surface area contributed by atoms with E-state index in [1.807, 2.05) is 6.92 Å². The fourth-order valence-corrected chi connectivity index (χ4v) is 1.91. The summed E-state index contributed by atoms with van der Waals surface area (Å²) < 4.78 is 5.65. The Hall–Kier alpha value is -1.78. The number of nitrogen functional groups attached to an aromatic ring is 1. The molecule has 0 radical (unpaired) electrons. The molecule has 0 aromatic heterocycles. The van der Waals surface area contributed by atoms with Gasteiger partial charge in [-0.05, 0) is 25.8 Å². The maximum Gasteiger partial charge on any atom is 0.311 e. The molecule has 19 heavy (non-hydrogen) atoms. The minimum absolute atomic E-state index is 0.0328. The maximum atomic E-state index is 10.9. The van der Waals surface area contributed by atoms with Gasteiger partial charge in [0.05, 0.1) is 11.0 Å². The van der Waals surface area contributed by atoms with Gasteiger partial charge in [0.1, 0.15) is 0 Å². The molecule has 0 saturated heterocycles. The van der Waals surface area contributed by atoms with Crippen molar-refractivity contribution in [1.29, 1.82) is 0 Å². The largest absolute Gasteiger partial charge is 0.484 e. The van der Waals surface area contributed by atoms with Crippen LogP contribution in [0.3, 0.4) is 0 Å². The van der Waals surface area contributed by atoms with E-state index in [2.05, 4.69) is 6.92 Å². The Labute approximate surface area is 113 Å². The van der Waals surface area contributed by atoms with Gasteiger partial charge >= 0.3 is 5.69 Å². The molecule has 0 amide bonds. The number of nitrogens with zero attached hydrogens (tertiary/aromatic N) is 1. The summed E-state index contributed by atoms with van der Waals surface area (Å²) >= 11 is 0. The number of ether oxygens (including phenoxy) is 1. The van der Waals surface area contributed by atoms with E-state index in [-0.39, 0.29) is 17.5 Å². The summed E-state index contributed by atoms with van der Waals surface area (Å²) in [7, 11) is 0. The molecule has 1 aromatic carbocycles. The average molecular weight is 266 g/mol. The van der Waals surface area contributed by atoms with Crippen LogP contribution < -0.4 is 10.5 Å². The molecule has 0 fully saturated rings. The van der Waals surface area contributed by atoms with Crippen LogP contribution in [0.15, 0.2) is 18.2 Å². The molecule has 106 valence electrons. The van der Waals surface area contributed by atoms with E-state index < -0.39 is 4.92 Å². The van der Waals surface area contributed by atoms with E-state index in [4.69, 9.17) is 10.5 Å². The third-order valence-corrected chi connectivity index (χ3v) is 2.97. The minimum Gasteiger partial charge on any atom is -0.484 e. The quantitative estimate of drug-likeness (QED) is 0.335. The molecule has 0 saturated carbocycles. The summed E-state index contributed by atoms with van der Waals surface area (Å²) in [6.45, 7) is 4.09. The first kappa shape index (κ1) is 15.3. The Morgan fingerprint density at radius 1 is 1.37 bits per heavy atom. The van der Waals surface area contributed by atoms with Crippen molar-refractivity contribution in [1.82, 2.24) is 0 Å². The predicted octanol–water partition coefficient (Wildman–Crippen LogP) is 3.91. The van der Waals surface area contributed by atoms with Crippen LogP contribution in [0.5, 0.6) is 5.75 Å². The van der Waals surface area contributed by atoms with Crippen molar-refractivity contribution < 1.29 is 9.66 Å². The molecule has 0 bridgehead atoms. The molecular formula is C14H22N2O3. The molecule has 0 aliphatic heterocycles. The first-order chi connectivity index (χ1) is 9.04. The number of rotatable bonds is 8. The average Bonchev–Trinajstić information content (AvgIpc) is 2.34. The first-order valence-electron chi connectivity index (χ1n) is 6.75. The van der Waals surface area contributed by atoms with Crippen molar-refractivity contribution in [3.05, 3.63) is 28.3 Å². The van der Waals surface area contributed by atoms with Gasteiger partial charge in [-0.25, -0.2) is 0 Å². The van der Waals surface area contributed by atoms with E-state index in [0.29, 0.717) is 5.69 Å². The lowest BCUT2D eigenvalue weighted by Crippen LogP contribution is -2.12. The molecule has 0 spiro atoms. The fraction of sp³-hybridized carbons (Fsp3) is 0.571. The van der Waals surface area contributed by atoms with Crippen molar-refractivity contribution in [3.63, 3.8) is 0 Å². The predicted molar refractivity (Wildman–Crippen MR) is 76.4 cm³/mol. The maximum absolute atomic E-state index is 10.9. The lowest BCUT2D eigenvalue weighted by atomic mass is 10.1. The molecule has 0 heterocycles. The van der Waals surface area contributed by atoms with Gasteiger partial charge in [-0.15, -0.1) is 0 Å².